The molecule has 0 saturated heterocycles. The summed E-state index contributed by atoms with van der Waals surface area (Å²) >= 11 is 4.11. The minimum absolute atomic E-state index is 0.0288. The normalized spacial score (nSPS) is 37.4. The van der Waals surface area contributed by atoms with Gasteiger partial charge < -0.3 is 9.84 Å². The van der Waals surface area contributed by atoms with Crippen molar-refractivity contribution in [3.8, 4) is 5.69 Å². The molecule has 0 amide bonds. The molecule has 3 saturated carbocycles. The Bertz CT molecular complexity index is 1340. The van der Waals surface area contributed by atoms with Gasteiger partial charge in [-0.2, -0.15) is 5.10 Å². The predicted molar refractivity (Wildman–Crippen MR) is 140 cm³/mol. The van der Waals surface area contributed by atoms with Gasteiger partial charge in [-0.25, -0.2) is 18.3 Å². The van der Waals surface area contributed by atoms with Gasteiger partial charge in [-0.3, -0.25) is 4.79 Å². The molecule has 1 aromatic carbocycles. The molecule has 0 bridgehead atoms. The Morgan fingerprint density at radius 3 is 2.66 bits per heavy atom. The van der Waals surface area contributed by atoms with Crippen LogP contribution in [0.4, 0.5) is 8.78 Å². The summed E-state index contributed by atoms with van der Waals surface area (Å²) in [5.74, 6) is -1.28. The molecular weight excluding hydrogens is 510 g/mol. The fraction of sp³-hybridized carbons (Fsp3) is 0.552. The number of alkyl halides is 1. The van der Waals surface area contributed by atoms with E-state index in [9.17, 15) is 23.5 Å². The number of thiol groups is 1. The number of aliphatic hydroxyl groups is 1. The summed E-state index contributed by atoms with van der Waals surface area (Å²) in [5.41, 5.74) is 1.43. The number of nitrogens with zero attached hydrogens (tertiary/aromatic N) is 2. The van der Waals surface area contributed by atoms with E-state index < -0.39 is 34.9 Å². The second-order valence-electron chi connectivity index (χ2n) is 12.0. The van der Waals surface area contributed by atoms with Crippen LogP contribution >= 0.6 is 12.6 Å². The summed E-state index contributed by atoms with van der Waals surface area (Å²) in [5, 5.41) is 15.8. The largest absolute Gasteiger partial charge is 0.448 e. The van der Waals surface area contributed by atoms with E-state index >= 15 is 0 Å². The number of aromatic nitrogens is 2. The maximum absolute atomic E-state index is 13.5. The van der Waals surface area contributed by atoms with Gasteiger partial charge in [0.15, 0.2) is 12.3 Å². The highest BCUT2D eigenvalue weighted by molar-refractivity contribution is 7.96. The fourth-order valence-corrected chi connectivity index (χ4v) is 9.16. The first-order valence-electron chi connectivity index (χ1n) is 13.3. The smallest absolute Gasteiger partial charge is 0.338 e. The van der Waals surface area contributed by atoms with E-state index in [1.807, 2.05) is 17.8 Å². The van der Waals surface area contributed by atoms with Crippen LogP contribution < -0.4 is 0 Å². The number of aliphatic hydroxyl groups excluding tert-OH is 1. The Kier molecular flexibility index (Phi) is 5.92. The Labute approximate surface area is 225 Å². The number of fused-ring (bicyclic) bond motifs is 6. The quantitative estimate of drug-likeness (QED) is 0.426. The van der Waals surface area contributed by atoms with Crippen molar-refractivity contribution in [1.29, 1.82) is 0 Å². The minimum atomic E-state index is -1.54. The maximum atomic E-state index is 13.5. The highest BCUT2D eigenvalue weighted by Gasteiger charge is 2.70. The molecule has 1 heterocycles. The lowest BCUT2D eigenvalue weighted by atomic mass is 9.45. The SMILES string of the molecule is C[C@]12Cc3cnn(-c4ccc(F)cc4)c3C=C1CC[C@@H]1[C@@H]2[C@@H](O)C[C@@]2(C)[C@H]1CC[C@]2(OC(=O)CF)C(=O)S. The van der Waals surface area contributed by atoms with Gasteiger partial charge in [-0.05, 0) is 97.6 Å². The van der Waals surface area contributed by atoms with E-state index in [0.29, 0.717) is 12.8 Å². The van der Waals surface area contributed by atoms with Crippen molar-refractivity contribution in [1.82, 2.24) is 9.78 Å². The molecule has 0 radical (unpaired) electrons. The molecule has 0 aliphatic heterocycles. The third kappa shape index (κ3) is 3.43. The number of benzene rings is 1. The van der Waals surface area contributed by atoms with Crippen LogP contribution in [-0.2, 0) is 20.7 Å². The van der Waals surface area contributed by atoms with Crippen molar-refractivity contribution < 1.29 is 28.2 Å². The second kappa shape index (κ2) is 8.74. The summed E-state index contributed by atoms with van der Waals surface area (Å²) in [6.45, 7) is 2.82. The predicted octanol–water partition coefficient (Wildman–Crippen LogP) is 4.87. The molecule has 38 heavy (non-hydrogen) atoms. The van der Waals surface area contributed by atoms with E-state index in [1.54, 1.807) is 12.1 Å². The second-order valence-corrected chi connectivity index (χ2v) is 12.4. The van der Waals surface area contributed by atoms with Crippen molar-refractivity contribution in [2.24, 2.45) is 28.6 Å². The van der Waals surface area contributed by atoms with E-state index in [4.69, 9.17) is 4.74 Å². The van der Waals surface area contributed by atoms with Gasteiger partial charge in [0.2, 0.25) is 5.12 Å². The first-order chi connectivity index (χ1) is 18.0. The van der Waals surface area contributed by atoms with Crippen molar-refractivity contribution >= 4 is 29.8 Å². The number of rotatable bonds is 4. The van der Waals surface area contributed by atoms with Crippen LogP contribution in [0, 0.1) is 34.4 Å². The molecule has 6 rings (SSSR count). The molecule has 4 aliphatic carbocycles. The van der Waals surface area contributed by atoms with Crippen LogP contribution in [0.1, 0.15) is 57.2 Å². The zero-order valence-electron chi connectivity index (χ0n) is 21.5. The van der Waals surface area contributed by atoms with Crippen LogP contribution in [0.5, 0.6) is 0 Å². The number of carbonyl (C=O) groups excluding carboxylic acids is 2. The summed E-state index contributed by atoms with van der Waals surface area (Å²) in [6, 6.07) is 6.27. The Morgan fingerprint density at radius 1 is 1.24 bits per heavy atom. The fourth-order valence-electron chi connectivity index (χ4n) is 8.74. The minimum Gasteiger partial charge on any atom is -0.448 e. The average Bonchev–Trinajstić information content (AvgIpc) is 3.40. The Morgan fingerprint density at radius 2 is 1.97 bits per heavy atom. The number of carbonyl (C=O) groups is 2. The molecule has 3 fully saturated rings. The van der Waals surface area contributed by atoms with E-state index in [1.165, 1.54) is 17.7 Å². The molecule has 202 valence electrons. The molecule has 1 N–H and O–H groups in total. The highest BCUT2D eigenvalue weighted by Crippen LogP contribution is 2.68. The van der Waals surface area contributed by atoms with Gasteiger partial charge in [0.1, 0.15) is 5.82 Å². The first-order valence-corrected chi connectivity index (χ1v) is 13.7. The maximum Gasteiger partial charge on any atom is 0.338 e. The van der Waals surface area contributed by atoms with Crippen LogP contribution in [0.3, 0.4) is 0 Å². The van der Waals surface area contributed by atoms with Crippen LogP contribution in [0.2, 0.25) is 0 Å². The van der Waals surface area contributed by atoms with Gasteiger partial charge in [-0.1, -0.05) is 19.4 Å². The first kappa shape index (κ1) is 25.7. The van der Waals surface area contributed by atoms with Gasteiger partial charge >= 0.3 is 5.97 Å². The number of ether oxygens (including phenoxy) is 1. The van der Waals surface area contributed by atoms with E-state index in [0.717, 1.165) is 29.8 Å². The monoisotopic (exact) mass is 542 g/mol. The Hall–Kier alpha value is -2.52. The third-order valence-corrected chi connectivity index (χ3v) is 10.7. The van der Waals surface area contributed by atoms with Crippen molar-refractivity contribution in [3.05, 3.63) is 53.1 Å². The van der Waals surface area contributed by atoms with E-state index in [2.05, 4.69) is 30.7 Å². The van der Waals surface area contributed by atoms with Crippen LogP contribution in [0.25, 0.3) is 11.8 Å². The lowest BCUT2D eigenvalue weighted by molar-refractivity contribution is -0.196. The van der Waals surface area contributed by atoms with Crippen LogP contribution in [-0.4, -0.2) is 44.4 Å². The summed E-state index contributed by atoms with van der Waals surface area (Å²) in [6.07, 6.45) is 6.89. The van der Waals surface area contributed by atoms with Crippen molar-refractivity contribution in [2.75, 3.05) is 6.67 Å². The number of allylic oxidation sites excluding steroid dienone is 1. The standard InChI is InChI=1S/C29H32F2N2O4S/c1-27-12-16-15-32-33(19-6-4-18(31)5-7-19)22(16)11-17(27)3-8-20-21-9-10-29(26(36)38,37-24(35)14-30)28(21,2)13-23(34)25(20)27/h4-7,11,15,20-21,23,25,34H,3,8-10,12-14H2,1-2H3,(H,36,38)/t20-,21-,23-,25+,27-,28-,29-/m0/s1. The highest BCUT2D eigenvalue weighted by atomic mass is 32.1. The molecule has 0 spiro atoms. The molecule has 6 nitrogen and oxygen atoms in total. The molecule has 2 aromatic rings. The van der Waals surface area contributed by atoms with Crippen molar-refractivity contribution in [2.45, 2.75) is 64.1 Å². The molecule has 4 aliphatic rings. The number of hydrogen-bond acceptors (Lipinski definition) is 5. The zero-order chi connectivity index (χ0) is 27.0. The summed E-state index contributed by atoms with van der Waals surface area (Å²) in [4.78, 5) is 24.9. The van der Waals surface area contributed by atoms with Gasteiger partial charge in [0, 0.05) is 5.41 Å². The summed E-state index contributed by atoms with van der Waals surface area (Å²) in [7, 11) is 0. The van der Waals surface area contributed by atoms with Gasteiger partial charge in [-0.15, -0.1) is 12.6 Å². The molecular formula is C29H32F2N2O4S. The summed E-state index contributed by atoms with van der Waals surface area (Å²) < 4.78 is 34.0. The number of hydrogen-bond donors (Lipinski definition) is 2. The van der Waals surface area contributed by atoms with Crippen LogP contribution in [0.15, 0.2) is 36.0 Å². The lowest BCUT2D eigenvalue weighted by Crippen LogP contribution is -2.62. The molecule has 7 atom stereocenters. The molecule has 1 aromatic heterocycles. The zero-order valence-corrected chi connectivity index (χ0v) is 22.4. The molecule has 0 unspecified atom stereocenters. The molecule has 9 heteroatoms. The van der Waals surface area contributed by atoms with Crippen molar-refractivity contribution in [3.63, 3.8) is 0 Å². The topological polar surface area (TPSA) is 81.4 Å². The average molecular weight is 543 g/mol. The van der Waals surface area contributed by atoms with Gasteiger partial charge in [0.25, 0.3) is 0 Å². The van der Waals surface area contributed by atoms with E-state index in [-0.39, 0.29) is 41.8 Å². The number of halogens is 2. The third-order valence-electron chi connectivity index (χ3n) is 10.4. The van der Waals surface area contributed by atoms with Gasteiger partial charge in [0.05, 0.1) is 23.7 Å². The lowest BCUT2D eigenvalue weighted by Gasteiger charge is -2.60. The Balaban J connectivity index is 1.36. The number of esters is 1.